The minimum atomic E-state index is -0.403. The summed E-state index contributed by atoms with van der Waals surface area (Å²) >= 11 is 0. The second-order valence-corrected chi connectivity index (χ2v) is 5.75. The average molecular weight is 291 g/mol. The first-order valence-electron chi connectivity index (χ1n) is 7.40. The van der Waals surface area contributed by atoms with Crippen LogP contribution in [0.2, 0.25) is 0 Å². The van der Waals surface area contributed by atoms with Crippen LogP contribution in [0.5, 0.6) is 5.75 Å². The summed E-state index contributed by atoms with van der Waals surface area (Å²) in [4.78, 5) is 22.6. The van der Waals surface area contributed by atoms with E-state index in [4.69, 9.17) is 4.74 Å². The van der Waals surface area contributed by atoms with Gasteiger partial charge in [0.1, 0.15) is 12.4 Å². The molecule has 0 spiro atoms. The van der Waals surface area contributed by atoms with E-state index in [1.807, 2.05) is 0 Å². The van der Waals surface area contributed by atoms with E-state index in [0.29, 0.717) is 16.9 Å². The first-order chi connectivity index (χ1) is 9.99. The van der Waals surface area contributed by atoms with Crippen molar-refractivity contribution in [1.29, 1.82) is 0 Å². The van der Waals surface area contributed by atoms with Gasteiger partial charge in [-0.25, -0.2) is 0 Å². The predicted octanol–water partition coefficient (Wildman–Crippen LogP) is 3.74. The number of benzene rings is 1. The maximum absolute atomic E-state index is 12.1. The van der Waals surface area contributed by atoms with E-state index in [9.17, 15) is 14.9 Å². The van der Waals surface area contributed by atoms with E-state index in [1.165, 1.54) is 12.5 Å². The van der Waals surface area contributed by atoms with E-state index in [0.717, 1.165) is 25.7 Å². The van der Waals surface area contributed by atoms with Crippen LogP contribution in [0.1, 0.15) is 43.2 Å². The summed E-state index contributed by atoms with van der Waals surface area (Å²) in [5.74, 6) is 0.825. The van der Waals surface area contributed by atoms with Crippen LogP contribution in [0.15, 0.2) is 12.1 Å². The van der Waals surface area contributed by atoms with Gasteiger partial charge in [0.15, 0.2) is 5.78 Å². The van der Waals surface area contributed by atoms with Gasteiger partial charge in [-0.2, -0.15) is 0 Å². The van der Waals surface area contributed by atoms with E-state index in [1.54, 1.807) is 19.9 Å². The van der Waals surface area contributed by atoms with Crippen molar-refractivity contribution in [3.8, 4) is 5.75 Å². The number of ether oxygens (including phenoxy) is 1. The Bertz CT molecular complexity index is 547. The highest BCUT2D eigenvalue weighted by Crippen LogP contribution is 2.28. The van der Waals surface area contributed by atoms with Crippen molar-refractivity contribution < 1.29 is 14.5 Å². The molecule has 114 valence electrons. The number of hydrogen-bond acceptors (Lipinski definition) is 4. The summed E-state index contributed by atoms with van der Waals surface area (Å²) in [6, 6.07) is 3.14. The maximum Gasteiger partial charge on any atom is 0.272 e. The van der Waals surface area contributed by atoms with Crippen molar-refractivity contribution in [3.05, 3.63) is 33.4 Å². The molecule has 0 saturated heterocycles. The van der Waals surface area contributed by atoms with Crippen LogP contribution in [0, 0.1) is 29.9 Å². The third-order valence-corrected chi connectivity index (χ3v) is 4.12. The van der Waals surface area contributed by atoms with Gasteiger partial charge in [-0.05, 0) is 38.3 Å². The molecule has 0 heterocycles. The summed E-state index contributed by atoms with van der Waals surface area (Å²) in [7, 11) is 0. The van der Waals surface area contributed by atoms with Crippen molar-refractivity contribution in [2.45, 2.75) is 46.0 Å². The number of rotatable bonds is 5. The molecule has 0 unspecified atom stereocenters. The smallest absolute Gasteiger partial charge is 0.272 e. The number of ketones is 1. The van der Waals surface area contributed by atoms with E-state index in [2.05, 4.69) is 0 Å². The van der Waals surface area contributed by atoms with Gasteiger partial charge in [0.25, 0.3) is 5.69 Å². The van der Waals surface area contributed by atoms with Crippen molar-refractivity contribution in [2.75, 3.05) is 6.61 Å². The van der Waals surface area contributed by atoms with Crippen LogP contribution < -0.4 is 4.74 Å². The molecule has 0 amide bonds. The van der Waals surface area contributed by atoms with E-state index < -0.39 is 4.92 Å². The predicted molar refractivity (Wildman–Crippen MR) is 79.6 cm³/mol. The minimum absolute atomic E-state index is 0.0583. The molecule has 5 nitrogen and oxygen atoms in total. The molecule has 0 bridgehead atoms. The van der Waals surface area contributed by atoms with E-state index >= 15 is 0 Å². The molecule has 5 heteroatoms. The molecule has 0 atom stereocenters. The first kappa shape index (κ1) is 15.5. The quantitative estimate of drug-likeness (QED) is 0.612. The Balaban J connectivity index is 2.01. The molecule has 2 rings (SSSR count). The lowest BCUT2D eigenvalue weighted by atomic mass is 9.86. The number of aryl methyl sites for hydroxylation is 2. The molecule has 1 fully saturated rings. The fourth-order valence-electron chi connectivity index (χ4n) is 2.82. The Morgan fingerprint density at radius 2 is 1.90 bits per heavy atom. The minimum Gasteiger partial charge on any atom is -0.486 e. The zero-order chi connectivity index (χ0) is 15.4. The van der Waals surface area contributed by atoms with Crippen LogP contribution >= 0.6 is 0 Å². The number of carbonyl (C=O) groups excluding carboxylic acids is 1. The summed E-state index contributed by atoms with van der Waals surface area (Å²) < 4.78 is 5.60. The SMILES string of the molecule is Cc1cc([N+](=O)[O-])c(C)cc1OCC(=O)C1CCCCC1. The fourth-order valence-corrected chi connectivity index (χ4v) is 2.82. The number of carbonyl (C=O) groups is 1. The Labute approximate surface area is 124 Å². The zero-order valence-electron chi connectivity index (χ0n) is 12.6. The Kier molecular flexibility index (Phi) is 4.94. The van der Waals surface area contributed by atoms with Crippen LogP contribution in [0.4, 0.5) is 5.69 Å². The van der Waals surface area contributed by atoms with Gasteiger partial charge in [-0.15, -0.1) is 0 Å². The van der Waals surface area contributed by atoms with E-state index in [-0.39, 0.29) is 24.0 Å². The monoisotopic (exact) mass is 291 g/mol. The lowest BCUT2D eigenvalue weighted by molar-refractivity contribution is -0.385. The lowest BCUT2D eigenvalue weighted by Gasteiger charge is -2.20. The van der Waals surface area contributed by atoms with Crippen LogP contribution in [0.3, 0.4) is 0 Å². The number of nitro groups is 1. The molecular formula is C16H21NO4. The maximum atomic E-state index is 12.1. The number of Topliss-reactive ketones (excluding diaryl/α,β-unsaturated/α-hetero) is 1. The highest BCUT2D eigenvalue weighted by molar-refractivity contribution is 5.82. The topological polar surface area (TPSA) is 69.4 Å². The van der Waals surface area contributed by atoms with Crippen molar-refractivity contribution in [3.63, 3.8) is 0 Å². The van der Waals surface area contributed by atoms with Crippen molar-refractivity contribution in [1.82, 2.24) is 0 Å². The van der Waals surface area contributed by atoms with Gasteiger partial charge in [-0.1, -0.05) is 19.3 Å². The van der Waals surface area contributed by atoms with Crippen molar-refractivity contribution >= 4 is 11.5 Å². The highest BCUT2D eigenvalue weighted by Gasteiger charge is 2.22. The summed E-state index contributed by atoms with van der Waals surface area (Å²) in [6.07, 6.45) is 5.37. The normalized spacial score (nSPS) is 15.7. The number of nitro benzene ring substituents is 1. The third kappa shape index (κ3) is 3.80. The average Bonchev–Trinajstić information content (AvgIpc) is 2.48. The molecule has 0 radical (unpaired) electrons. The third-order valence-electron chi connectivity index (χ3n) is 4.12. The summed E-state index contributed by atoms with van der Waals surface area (Å²) in [5, 5.41) is 10.9. The molecule has 1 aliphatic rings. The van der Waals surface area contributed by atoms with Gasteiger partial charge < -0.3 is 4.74 Å². The highest BCUT2D eigenvalue weighted by atomic mass is 16.6. The van der Waals surface area contributed by atoms with Crippen LogP contribution in [-0.4, -0.2) is 17.3 Å². The Morgan fingerprint density at radius 3 is 2.52 bits per heavy atom. The largest absolute Gasteiger partial charge is 0.486 e. The van der Waals surface area contributed by atoms with Crippen LogP contribution in [-0.2, 0) is 4.79 Å². The van der Waals surface area contributed by atoms with Crippen molar-refractivity contribution in [2.24, 2.45) is 5.92 Å². The van der Waals surface area contributed by atoms with Gasteiger partial charge in [0.2, 0.25) is 0 Å². The number of nitrogens with zero attached hydrogens (tertiary/aromatic N) is 1. The Hall–Kier alpha value is -1.91. The van der Waals surface area contributed by atoms with Gasteiger partial charge in [-0.3, -0.25) is 14.9 Å². The zero-order valence-corrected chi connectivity index (χ0v) is 12.6. The number of hydrogen-bond donors (Lipinski definition) is 0. The first-order valence-corrected chi connectivity index (χ1v) is 7.40. The van der Waals surface area contributed by atoms with Gasteiger partial charge >= 0.3 is 0 Å². The summed E-state index contributed by atoms with van der Waals surface area (Å²) in [5.41, 5.74) is 1.31. The van der Waals surface area contributed by atoms with Crippen LogP contribution in [0.25, 0.3) is 0 Å². The molecule has 21 heavy (non-hydrogen) atoms. The second-order valence-electron chi connectivity index (χ2n) is 5.75. The second kappa shape index (κ2) is 6.70. The Morgan fingerprint density at radius 1 is 1.24 bits per heavy atom. The lowest BCUT2D eigenvalue weighted by Crippen LogP contribution is -2.23. The fraction of sp³-hybridized carbons (Fsp3) is 0.562. The summed E-state index contributed by atoms with van der Waals surface area (Å²) in [6.45, 7) is 3.49. The molecule has 1 saturated carbocycles. The molecule has 1 aliphatic carbocycles. The molecule has 1 aromatic carbocycles. The van der Waals surface area contributed by atoms with Gasteiger partial charge in [0.05, 0.1) is 4.92 Å². The van der Waals surface area contributed by atoms with Gasteiger partial charge in [0, 0.05) is 17.5 Å². The molecule has 1 aromatic rings. The molecular weight excluding hydrogens is 270 g/mol. The molecule has 0 aromatic heterocycles. The molecule has 0 N–H and O–H groups in total. The molecule has 0 aliphatic heterocycles. The standard InChI is InChI=1S/C16H21NO4/c1-11-9-16(12(2)8-14(11)17(19)20)21-10-15(18)13-6-4-3-5-7-13/h8-9,13H,3-7,10H2,1-2H3.